The molecule has 0 saturated heterocycles. The van der Waals surface area contributed by atoms with Gasteiger partial charge in [-0.15, -0.1) is 0 Å². The van der Waals surface area contributed by atoms with Crippen LogP contribution in [0, 0.1) is 0 Å². The van der Waals surface area contributed by atoms with Crippen molar-refractivity contribution in [3.05, 3.63) is 63.9 Å². The molecule has 0 aliphatic carbocycles. The summed E-state index contributed by atoms with van der Waals surface area (Å²) in [5.41, 5.74) is 1.31. The van der Waals surface area contributed by atoms with E-state index in [2.05, 4.69) is 4.98 Å². The Morgan fingerprint density at radius 3 is 2.68 bits per heavy atom. The van der Waals surface area contributed by atoms with Crippen molar-refractivity contribution in [2.45, 2.75) is 0 Å². The highest BCUT2D eigenvalue weighted by molar-refractivity contribution is 6.30. The third kappa shape index (κ3) is 2.20. The van der Waals surface area contributed by atoms with Gasteiger partial charge in [-0.2, -0.15) is 0 Å². The van der Waals surface area contributed by atoms with Gasteiger partial charge in [0.2, 0.25) is 0 Å². The highest BCUT2D eigenvalue weighted by Crippen LogP contribution is 2.24. The summed E-state index contributed by atoms with van der Waals surface area (Å²) in [4.78, 5) is 14.8. The maximum atomic E-state index is 12.0. The molecule has 0 saturated carbocycles. The fraction of sp³-hybridized carbons (Fsp3) is 0. The van der Waals surface area contributed by atoms with Crippen molar-refractivity contribution in [1.29, 1.82) is 0 Å². The summed E-state index contributed by atoms with van der Waals surface area (Å²) in [5.74, 6) is 0.0773. The van der Waals surface area contributed by atoms with Gasteiger partial charge in [0.05, 0.1) is 5.39 Å². The largest absolute Gasteiger partial charge is 0.508 e. The molecule has 19 heavy (non-hydrogen) atoms. The first kappa shape index (κ1) is 11.8. The second-order valence-corrected chi connectivity index (χ2v) is 4.73. The number of phenols is 1. The summed E-state index contributed by atoms with van der Waals surface area (Å²) in [6.45, 7) is 0. The standard InChI is InChI=1S/C15H10ClNO2/c16-11-3-1-2-10(6-11)14-7-9-4-5-12(18)8-13(9)15(19)17-14/h1-8,18H,(H,17,19). The van der Waals surface area contributed by atoms with Crippen LogP contribution >= 0.6 is 11.6 Å². The average Bonchev–Trinajstić information content (AvgIpc) is 2.39. The molecule has 4 heteroatoms. The molecule has 0 radical (unpaired) electrons. The number of H-pyrrole nitrogens is 1. The van der Waals surface area contributed by atoms with E-state index in [1.807, 2.05) is 18.2 Å². The van der Waals surface area contributed by atoms with Crippen LogP contribution in [0.3, 0.4) is 0 Å². The maximum absolute atomic E-state index is 12.0. The molecule has 3 nitrogen and oxygen atoms in total. The predicted molar refractivity (Wildman–Crippen MR) is 76.7 cm³/mol. The van der Waals surface area contributed by atoms with Gasteiger partial charge in [0.15, 0.2) is 0 Å². The van der Waals surface area contributed by atoms with Crippen LogP contribution in [0.5, 0.6) is 5.75 Å². The maximum Gasteiger partial charge on any atom is 0.256 e. The molecule has 2 N–H and O–H groups in total. The molecule has 0 fully saturated rings. The molecule has 0 aliphatic heterocycles. The van der Waals surface area contributed by atoms with Crippen LogP contribution in [0.25, 0.3) is 22.0 Å². The Bertz CT molecular complexity index is 824. The van der Waals surface area contributed by atoms with Crippen LogP contribution in [0.1, 0.15) is 0 Å². The van der Waals surface area contributed by atoms with E-state index in [1.165, 1.54) is 6.07 Å². The number of pyridine rings is 1. The van der Waals surface area contributed by atoms with Gasteiger partial charge in [-0.25, -0.2) is 0 Å². The zero-order chi connectivity index (χ0) is 13.4. The van der Waals surface area contributed by atoms with Gasteiger partial charge in [0.1, 0.15) is 5.75 Å². The Labute approximate surface area is 114 Å². The van der Waals surface area contributed by atoms with E-state index >= 15 is 0 Å². The van der Waals surface area contributed by atoms with Gasteiger partial charge in [-0.1, -0.05) is 29.8 Å². The molecule has 1 heterocycles. The van der Waals surface area contributed by atoms with Gasteiger partial charge >= 0.3 is 0 Å². The molecule has 0 aliphatic rings. The number of aromatic nitrogens is 1. The lowest BCUT2D eigenvalue weighted by molar-refractivity contribution is 0.476. The summed E-state index contributed by atoms with van der Waals surface area (Å²) in [5, 5.41) is 11.3. The number of halogens is 1. The second-order valence-electron chi connectivity index (χ2n) is 4.29. The number of aromatic amines is 1. The Morgan fingerprint density at radius 1 is 1.05 bits per heavy atom. The number of nitrogens with one attached hydrogen (secondary N) is 1. The van der Waals surface area contributed by atoms with Crippen molar-refractivity contribution in [3.8, 4) is 17.0 Å². The quantitative estimate of drug-likeness (QED) is 0.711. The minimum absolute atomic E-state index is 0.0773. The summed E-state index contributed by atoms with van der Waals surface area (Å²) >= 11 is 5.95. The lowest BCUT2D eigenvalue weighted by Crippen LogP contribution is -2.06. The molecule has 2 aromatic carbocycles. The van der Waals surface area contributed by atoms with E-state index in [9.17, 15) is 9.90 Å². The Balaban J connectivity index is 2.27. The lowest BCUT2D eigenvalue weighted by Gasteiger charge is -2.05. The average molecular weight is 272 g/mol. The molecule has 0 unspecified atom stereocenters. The van der Waals surface area contributed by atoms with Gasteiger partial charge in [-0.3, -0.25) is 4.79 Å². The molecule has 3 rings (SSSR count). The number of hydrogen-bond donors (Lipinski definition) is 2. The first-order valence-corrected chi connectivity index (χ1v) is 6.13. The molecule has 0 amide bonds. The van der Waals surface area contributed by atoms with Crippen molar-refractivity contribution in [2.24, 2.45) is 0 Å². The molecular formula is C15H10ClNO2. The Morgan fingerprint density at radius 2 is 1.89 bits per heavy atom. The van der Waals surface area contributed by atoms with E-state index in [0.29, 0.717) is 16.1 Å². The minimum atomic E-state index is -0.233. The van der Waals surface area contributed by atoms with Crippen LogP contribution in [0.15, 0.2) is 53.3 Å². The highest BCUT2D eigenvalue weighted by atomic mass is 35.5. The number of fused-ring (bicyclic) bond motifs is 1. The van der Waals surface area contributed by atoms with E-state index < -0.39 is 0 Å². The van der Waals surface area contributed by atoms with Crippen molar-refractivity contribution >= 4 is 22.4 Å². The normalized spacial score (nSPS) is 10.8. The SMILES string of the molecule is O=c1[nH]c(-c2cccc(Cl)c2)cc2ccc(O)cc12. The molecule has 0 bridgehead atoms. The van der Waals surface area contributed by atoms with Crippen LogP contribution in [0.2, 0.25) is 5.02 Å². The molecule has 0 spiro atoms. The summed E-state index contributed by atoms with van der Waals surface area (Å²) in [7, 11) is 0. The zero-order valence-corrected chi connectivity index (χ0v) is 10.6. The van der Waals surface area contributed by atoms with Crippen LogP contribution < -0.4 is 5.56 Å². The summed E-state index contributed by atoms with van der Waals surface area (Å²) in [6, 6.07) is 13.9. The molecule has 1 aromatic heterocycles. The molecule has 94 valence electrons. The zero-order valence-electron chi connectivity index (χ0n) is 9.85. The molecular weight excluding hydrogens is 262 g/mol. The van der Waals surface area contributed by atoms with Crippen molar-refractivity contribution in [3.63, 3.8) is 0 Å². The molecule has 3 aromatic rings. The summed E-state index contributed by atoms with van der Waals surface area (Å²) in [6.07, 6.45) is 0. The first-order valence-electron chi connectivity index (χ1n) is 5.75. The van der Waals surface area contributed by atoms with E-state index in [0.717, 1.165) is 10.9 Å². The van der Waals surface area contributed by atoms with Crippen LogP contribution in [0.4, 0.5) is 0 Å². The molecule has 0 atom stereocenters. The third-order valence-corrected chi connectivity index (χ3v) is 3.20. The van der Waals surface area contributed by atoms with Gasteiger partial charge in [-0.05, 0) is 41.3 Å². The number of hydrogen-bond acceptors (Lipinski definition) is 2. The van der Waals surface area contributed by atoms with Crippen LogP contribution in [-0.2, 0) is 0 Å². The van der Waals surface area contributed by atoms with Gasteiger partial charge in [0.25, 0.3) is 5.56 Å². The summed E-state index contributed by atoms with van der Waals surface area (Å²) < 4.78 is 0. The van der Waals surface area contributed by atoms with Crippen molar-refractivity contribution in [1.82, 2.24) is 4.98 Å². The smallest absolute Gasteiger partial charge is 0.256 e. The fourth-order valence-corrected chi connectivity index (χ4v) is 2.25. The Hall–Kier alpha value is -2.26. The van der Waals surface area contributed by atoms with Crippen molar-refractivity contribution < 1.29 is 5.11 Å². The fourth-order valence-electron chi connectivity index (χ4n) is 2.06. The van der Waals surface area contributed by atoms with Crippen LogP contribution in [-0.4, -0.2) is 10.1 Å². The first-order chi connectivity index (χ1) is 9.13. The predicted octanol–water partition coefficient (Wildman–Crippen LogP) is 3.55. The number of benzene rings is 2. The van der Waals surface area contributed by atoms with Gasteiger partial charge in [0, 0.05) is 10.7 Å². The Kier molecular flexibility index (Phi) is 2.76. The topological polar surface area (TPSA) is 53.1 Å². The third-order valence-electron chi connectivity index (χ3n) is 2.97. The van der Waals surface area contributed by atoms with Crippen molar-refractivity contribution in [2.75, 3.05) is 0 Å². The second kappa shape index (κ2) is 4.44. The van der Waals surface area contributed by atoms with E-state index in [4.69, 9.17) is 11.6 Å². The van der Waals surface area contributed by atoms with E-state index in [-0.39, 0.29) is 11.3 Å². The van der Waals surface area contributed by atoms with Gasteiger partial charge < -0.3 is 10.1 Å². The number of phenolic OH excluding ortho intramolecular Hbond substituents is 1. The highest BCUT2D eigenvalue weighted by Gasteiger charge is 2.05. The minimum Gasteiger partial charge on any atom is -0.508 e. The number of aromatic hydroxyl groups is 1. The lowest BCUT2D eigenvalue weighted by atomic mass is 10.1. The van der Waals surface area contributed by atoms with E-state index in [1.54, 1.807) is 24.3 Å². The monoisotopic (exact) mass is 271 g/mol. The number of rotatable bonds is 1.